The minimum atomic E-state index is 0.606. The van der Waals surface area contributed by atoms with E-state index in [1.807, 2.05) is 23.0 Å². The lowest BCUT2D eigenvalue weighted by Gasteiger charge is -2.04. The summed E-state index contributed by atoms with van der Waals surface area (Å²) in [5.74, 6) is 1.74. The van der Waals surface area contributed by atoms with E-state index in [0.29, 0.717) is 11.3 Å². The maximum Gasteiger partial charge on any atom is 0.195 e. The molecule has 6 nitrogen and oxygen atoms in total. The van der Waals surface area contributed by atoms with Crippen molar-refractivity contribution in [2.24, 2.45) is 0 Å². The number of hydrogen-bond acceptors (Lipinski definition) is 4. The SMILES string of the molecule is CCn1cnnc1Cn1c(C)n[nH]c1=S. The van der Waals surface area contributed by atoms with Crippen LogP contribution in [0.1, 0.15) is 18.6 Å². The van der Waals surface area contributed by atoms with Crippen molar-refractivity contribution in [3.05, 3.63) is 22.7 Å². The average molecular weight is 224 g/mol. The zero-order chi connectivity index (χ0) is 10.8. The second-order valence-corrected chi connectivity index (χ2v) is 3.58. The Morgan fingerprint density at radius 3 is 2.93 bits per heavy atom. The molecule has 0 spiro atoms. The second-order valence-electron chi connectivity index (χ2n) is 3.20. The highest BCUT2D eigenvalue weighted by Crippen LogP contribution is 2.02. The Morgan fingerprint density at radius 2 is 2.33 bits per heavy atom. The summed E-state index contributed by atoms with van der Waals surface area (Å²) in [6.45, 7) is 5.41. The molecule has 0 radical (unpaired) electrons. The van der Waals surface area contributed by atoms with Crippen molar-refractivity contribution in [3.63, 3.8) is 0 Å². The molecular formula is C8H12N6S. The first-order chi connectivity index (χ1) is 7.22. The van der Waals surface area contributed by atoms with Gasteiger partial charge in [0.05, 0.1) is 6.54 Å². The Balaban J connectivity index is 2.33. The predicted octanol–water partition coefficient (Wildman–Crippen LogP) is 0.909. The van der Waals surface area contributed by atoms with E-state index in [0.717, 1.165) is 18.2 Å². The van der Waals surface area contributed by atoms with Crippen LogP contribution in [-0.4, -0.2) is 29.5 Å². The molecule has 1 N–H and O–H groups in total. The molecule has 0 bridgehead atoms. The van der Waals surface area contributed by atoms with Crippen LogP contribution in [0.25, 0.3) is 0 Å². The van der Waals surface area contributed by atoms with Gasteiger partial charge in [-0.15, -0.1) is 10.2 Å². The molecule has 7 heteroatoms. The van der Waals surface area contributed by atoms with E-state index in [2.05, 4.69) is 20.4 Å². The number of nitrogens with zero attached hydrogens (tertiary/aromatic N) is 5. The molecule has 0 aliphatic rings. The lowest BCUT2D eigenvalue weighted by Crippen LogP contribution is -2.09. The first-order valence-electron chi connectivity index (χ1n) is 4.71. The summed E-state index contributed by atoms with van der Waals surface area (Å²) >= 11 is 5.11. The van der Waals surface area contributed by atoms with Gasteiger partial charge in [0.25, 0.3) is 0 Å². The fourth-order valence-electron chi connectivity index (χ4n) is 1.39. The van der Waals surface area contributed by atoms with Crippen molar-refractivity contribution >= 4 is 12.2 Å². The minimum Gasteiger partial charge on any atom is -0.316 e. The Hall–Kier alpha value is -1.50. The Morgan fingerprint density at radius 1 is 1.53 bits per heavy atom. The lowest BCUT2D eigenvalue weighted by molar-refractivity contribution is 0.636. The molecule has 0 atom stereocenters. The lowest BCUT2D eigenvalue weighted by atomic mass is 10.5. The van der Waals surface area contributed by atoms with Gasteiger partial charge in [-0.05, 0) is 26.1 Å². The molecule has 2 aromatic rings. The summed E-state index contributed by atoms with van der Waals surface area (Å²) in [7, 11) is 0. The molecule has 0 aliphatic heterocycles. The highest BCUT2D eigenvalue weighted by Gasteiger charge is 2.07. The molecule has 0 fully saturated rings. The molecule has 15 heavy (non-hydrogen) atoms. The van der Waals surface area contributed by atoms with Gasteiger partial charge in [0.1, 0.15) is 12.2 Å². The third-order valence-corrected chi connectivity index (χ3v) is 2.60. The highest BCUT2D eigenvalue weighted by atomic mass is 32.1. The number of aromatic amines is 1. The van der Waals surface area contributed by atoms with E-state index in [1.165, 1.54) is 0 Å². The summed E-state index contributed by atoms with van der Waals surface area (Å²) in [6.07, 6.45) is 1.72. The van der Waals surface area contributed by atoms with Gasteiger partial charge in [-0.3, -0.25) is 9.67 Å². The number of nitrogens with one attached hydrogen (secondary N) is 1. The summed E-state index contributed by atoms with van der Waals surface area (Å²) in [5.41, 5.74) is 0. The first-order valence-corrected chi connectivity index (χ1v) is 5.11. The van der Waals surface area contributed by atoms with E-state index < -0.39 is 0 Å². The molecule has 0 aliphatic carbocycles. The zero-order valence-corrected chi connectivity index (χ0v) is 9.45. The molecule has 0 saturated heterocycles. The van der Waals surface area contributed by atoms with Gasteiger partial charge in [0.15, 0.2) is 10.6 Å². The summed E-state index contributed by atoms with van der Waals surface area (Å²) in [4.78, 5) is 0. The molecule has 0 unspecified atom stereocenters. The number of rotatable bonds is 3. The third kappa shape index (κ3) is 1.82. The van der Waals surface area contributed by atoms with E-state index in [1.54, 1.807) is 6.33 Å². The van der Waals surface area contributed by atoms with E-state index in [4.69, 9.17) is 12.2 Å². The minimum absolute atomic E-state index is 0.606. The molecular weight excluding hydrogens is 212 g/mol. The van der Waals surface area contributed by atoms with E-state index in [9.17, 15) is 0 Å². The van der Waals surface area contributed by atoms with E-state index >= 15 is 0 Å². The van der Waals surface area contributed by atoms with E-state index in [-0.39, 0.29) is 0 Å². The molecule has 80 valence electrons. The maximum atomic E-state index is 5.11. The number of H-pyrrole nitrogens is 1. The number of aromatic nitrogens is 6. The van der Waals surface area contributed by atoms with Crippen LogP contribution in [0.3, 0.4) is 0 Å². The van der Waals surface area contributed by atoms with Crippen LogP contribution in [0.2, 0.25) is 0 Å². The summed E-state index contributed by atoms with van der Waals surface area (Å²) in [6, 6.07) is 0. The van der Waals surface area contributed by atoms with Gasteiger partial charge in [0.2, 0.25) is 0 Å². The maximum absolute atomic E-state index is 5.11. The smallest absolute Gasteiger partial charge is 0.195 e. The zero-order valence-electron chi connectivity index (χ0n) is 8.64. The summed E-state index contributed by atoms with van der Waals surface area (Å²) < 4.78 is 4.48. The van der Waals surface area contributed by atoms with Crippen LogP contribution in [-0.2, 0) is 13.1 Å². The summed E-state index contributed by atoms with van der Waals surface area (Å²) in [5, 5.41) is 14.7. The van der Waals surface area contributed by atoms with Crippen LogP contribution >= 0.6 is 12.2 Å². The predicted molar refractivity (Wildman–Crippen MR) is 56.9 cm³/mol. The quantitative estimate of drug-likeness (QED) is 0.787. The average Bonchev–Trinajstić information content (AvgIpc) is 2.79. The van der Waals surface area contributed by atoms with Crippen molar-refractivity contribution in [2.75, 3.05) is 0 Å². The van der Waals surface area contributed by atoms with Gasteiger partial charge in [-0.2, -0.15) is 5.10 Å². The molecule has 0 aromatic carbocycles. The van der Waals surface area contributed by atoms with Crippen molar-refractivity contribution in [2.45, 2.75) is 26.9 Å². The largest absolute Gasteiger partial charge is 0.316 e. The normalized spacial score (nSPS) is 10.8. The van der Waals surface area contributed by atoms with Crippen LogP contribution in [0.15, 0.2) is 6.33 Å². The van der Waals surface area contributed by atoms with Crippen LogP contribution in [0, 0.1) is 11.7 Å². The molecule has 2 heterocycles. The topological polar surface area (TPSA) is 64.3 Å². The second kappa shape index (κ2) is 3.93. The van der Waals surface area contributed by atoms with Gasteiger partial charge in [0, 0.05) is 6.54 Å². The Kier molecular flexibility index (Phi) is 2.63. The van der Waals surface area contributed by atoms with Gasteiger partial charge in [-0.1, -0.05) is 0 Å². The van der Waals surface area contributed by atoms with Gasteiger partial charge < -0.3 is 4.57 Å². The van der Waals surface area contributed by atoms with Crippen LogP contribution in [0.4, 0.5) is 0 Å². The van der Waals surface area contributed by atoms with Crippen molar-refractivity contribution < 1.29 is 0 Å². The van der Waals surface area contributed by atoms with Crippen molar-refractivity contribution in [1.82, 2.24) is 29.5 Å². The fourth-order valence-corrected chi connectivity index (χ4v) is 1.63. The highest BCUT2D eigenvalue weighted by molar-refractivity contribution is 7.71. The molecule has 2 aromatic heterocycles. The standard InChI is InChI=1S/C8H12N6S/c1-3-13-5-9-11-7(13)4-14-6(2)10-12-8(14)15/h5H,3-4H2,1-2H3,(H,12,15). The number of hydrogen-bond donors (Lipinski definition) is 1. The van der Waals surface area contributed by atoms with Gasteiger partial charge in [-0.25, -0.2) is 0 Å². The van der Waals surface area contributed by atoms with Gasteiger partial charge >= 0.3 is 0 Å². The molecule has 0 saturated carbocycles. The molecule has 2 rings (SSSR count). The van der Waals surface area contributed by atoms with Crippen molar-refractivity contribution in [3.8, 4) is 0 Å². The van der Waals surface area contributed by atoms with Crippen molar-refractivity contribution in [1.29, 1.82) is 0 Å². The monoisotopic (exact) mass is 224 g/mol. The fraction of sp³-hybridized carbons (Fsp3) is 0.500. The Bertz CT molecular complexity index is 507. The molecule has 0 amide bonds. The van der Waals surface area contributed by atoms with Crippen LogP contribution in [0.5, 0.6) is 0 Å². The Labute approximate surface area is 92.0 Å². The first kappa shape index (κ1) is 10.0. The van der Waals surface area contributed by atoms with Crippen LogP contribution < -0.4 is 0 Å². The number of aryl methyl sites for hydroxylation is 2. The third-order valence-electron chi connectivity index (χ3n) is 2.29.